The summed E-state index contributed by atoms with van der Waals surface area (Å²) in [4.78, 5) is 10.8. The van der Waals surface area contributed by atoms with Crippen LogP contribution in [0.1, 0.15) is 69.7 Å². The fourth-order valence-corrected chi connectivity index (χ4v) is 3.60. The molecule has 0 fully saturated rings. The lowest BCUT2D eigenvalue weighted by Gasteiger charge is -2.40. The first-order valence-electron chi connectivity index (χ1n) is 11.9. The maximum atomic E-state index is 13.0. The third-order valence-corrected chi connectivity index (χ3v) is 6.15. The van der Waals surface area contributed by atoms with E-state index in [0.717, 1.165) is 38.5 Å². The molecule has 0 saturated carbocycles. The van der Waals surface area contributed by atoms with Gasteiger partial charge in [-0.25, -0.2) is 4.79 Å². The normalized spacial score (nSPS) is 13.4. The highest BCUT2D eigenvalue weighted by molar-refractivity contribution is 8.45. The molecule has 36 heavy (non-hydrogen) atoms. The minimum Gasteiger partial charge on any atom is -0.490 e. The Morgan fingerprint density at radius 3 is 1.58 bits per heavy atom. The average molecular weight is 541 g/mol. The molecule has 0 spiro atoms. The fraction of sp³-hybridized carbons (Fsp3) is 0.480. The van der Waals surface area contributed by atoms with Gasteiger partial charge in [-0.15, -0.1) is 0 Å². The highest BCUT2D eigenvalue weighted by Gasteiger charge is 2.65. The van der Waals surface area contributed by atoms with Crippen molar-refractivity contribution in [2.24, 2.45) is 0 Å². The zero-order chi connectivity index (χ0) is 26.9. The molecule has 0 unspecified atom stereocenters. The quantitative estimate of drug-likeness (QED) is 0.0976. The fourth-order valence-electron chi connectivity index (χ4n) is 2.95. The van der Waals surface area contributed by atoms with Gasteiger partial charge in [0.1, 0.15) is 10.6 Å². The SMILES string of the molecule is CCCCOc1cc(C(=O)Oc2ccc(S(F)(F)(F)(F)F)cc2)cc(OCCCC)c1OCCCC. The van der Waals surface area contributed by atoms with Crippen LogP contribution in [0, 0.1) is 0 Å². The second-order valence-corrected chi connectivity index (χ2v) is 10.6. The van der Waals surface area contributed by atoms with E-state index in [4.69, 9.17) is 18.9 Å². The molecule has 2 aromatic rings. The summed E-state index contributed by atoms with van der Waals surface area (Å²) in [7, 11) is -9.83. The van der Waals surface area contributed by atoms with Crippen LogP contribution in [0.25, 0.3) is 0 Å². The molecule has 2 rings (SSSR count). The van der Waals surface area contributed by atoms with Crippen molar-refractivity contribution in [2.75, 3.05) is 19.8 Å². The second-order valence-electron chi connectivity index (χ2n) is 8.24. The monoisotopic (exact) mass is 540 g/mol. The van der Waals surface area contributed by atoms with E-state index < -0.39 is 21.1 Å². The van der Waals surface area contributed by atoms with Crippen molar-refractivity contribution in [3.8, 4) is 23.0 Å². The van der Waals surface area contributed by atoms with Gasteiger partial charge >= 0.3 is 16.2 Å². The summed E-state index contributed by atoms with van der Waals surface area (Å²) < 4.78 is 87.5. The number of benzene rings is 2. The molecular formula is C25H33F5O5S. The van der Waals surface area contributed by atoms with E-state index in [1.165, 1.54) is 12.1 Å². The highest BCUT2D eigenvalue weighted by Crippen LogP contribution is 3.02. The number of rotatable bonds is 15. The molecule has 0 N–H and O–H groups in total. The van der Waals surface area contributed by atoms with Gasteiger partial charge in [-0.1, -0.05) is 59.5 Å². The van der Waals surface area contributed by atoms with E-state index in [-0.39, 0.29) is 34.9 Å². The van der Waals surface area contributed by atoms with E-state index in [2.05, 4.69) is 0 Å². The minimum atomic E-state index is -9.83. The highest BCUT2D eigenvalue weighted by atomic mass is 32.5. The van der Waals surface area contributed by atoms with Crippen LogP contribution in [-0.4, -0.2) is 25.8 Å². The van der Waals surface area contributed by atoms with Crippen LogP contribution in [-0.2, 0) is 0 Å². The molecule has 0 aromatic heterocycles. The van der Waals surface area contributed by atoms with Gasteiger partial charge in [-0.3, -0.25) is 0 Å². The summed E-state index contributed by atoms with van der Waals surface area (Å²) in [5, 5.41) is 0. The lowest BCUT2D eigenvalue weighted by Crippen LogP contribution is -2.12. The molecule has 11 heteroatoms. The van der Waals surface area contributed by atoms with Crippen LogP contribution in [0.5, 0.6) is 23.0 Å². The van der Waals surface area contributed by atoms with Crippen LogP contribution in [0.4, 0.5) is 19.4 Å². The molecule has 204 valence electrons. The summed E-state index contributed by atoms with van der Waals surface area (Å²) >= 11 is 0. The van der Waals surface area contributed by atoms with Crippen molar-refractivity contribution in [3.05, 3.63) is 42.0 Å². The predicted molar refractivity (Wildman–Crippen MR) is 130 cm³/mol. The molecule has 0 aliphatic rings. The Morgan fingerprint density at radius 1 is 0.722 bits per heavy atom. The van der Waals surface area contributed by atoms with Gasteiger partial charge in [-0.2, -0.15) is 0 Å². The molecule has 0 heterocycles. The van der Waals surface area contributed by atoms with Gasteiger partial charge in [0.15, 0.2) is 11.5 Å². The molecule has 0 amide bonds. The van der Waals surface area contributed by atoms with Crippen LogP contribution in [0.15, 0.2) is 41.3 Å². The molecule has 0 aliphatic carbocycles. The number of hydrogen-bond acceptors (Lipinski definition) is 5. The van der Waals surface area contributed by atoms with Gasteiger partial charge in [0.25, 0.3) is 0 Å². The number of hydrogen-bond donors (Lipinski definition) is 0. The summed E-state index contributed by atoms with van der Waals surface area (Å²) in [5.74, 6) is -0.340. The van der Waals surface area contributed by atoms with Crippen molar-refractivity contribution >= 4 is 16.2 Å². The molecule has 5 nitrogen and oxygen atoms in total. The largest absolute Gasteiger partial charge is 0.490 e. The van der Waals surface area contributed by atoms with Gasteiger partial charge in [0.2, 0.25) is 5.75 Å². The Balaban J connectivity index is 2.36. The number of carbonyl (C=O) groups excluding carboxylic acids is 1. The lowest BCUT2D eigenvalue weighted by molar-refractivity contribution is 0.0733. The van der Waals surface area contributed by atoms with Crippen LogP contribution >= 0.6 is 10.2 Å². The number of halogens is 5. The zero-order valence-electron chi connectivity index (χ0n) is 20.7. The molecule has 0 bridgehead atoms. The van der Waals surface area contributed by atoms with E-state index in [1.54, 1.807) is 0 Å². The van der Waals surface area contributed by atoms with Crippen LogP contribution < -0.4 is 18.9 Å². The van der Waals surface area contributed by atoms with Crippen molar-refractivity contribution < 1.29 is 43.2 Å². The summed E-state index contributed by atoms with van der Waals surface area (Å²) in [6.45, 7) is 7.15. The van der Waals surface area contributed by atoms with E-state index >= 15 is 0 Å². The molecule has 0 saturated heterocycles. The molecular weight excluding hydrogens is 507 g/mol. The molecule has 0 radical (unpaired) electrons. The third kappa shape index (κ3) is 9.07. The van der Waals surface area contributed by atoms with Gasteiger partial charge in [-0.05, 0) is 55.7 Å². The maximum absolute atomic E-state index is 13.0. The second kappa shape index (κ2) is 11.6. The van der Waals surface area contributed by atoms with Gasteiger partial charge in [0, 0.05) is 0 Å². The van der Waals surface area contributed by atoms with Crippen LogP contribution in [0.3, 0.4) is 0 Å². The van der Waals surface area contributed by atoms with E-state index in [1.807, 2.05) is 20.8 Å². The zero-order valence-corrected chi connectivity index (χ0v) is 21.5. The predicted octanol–water partition coefficient (Wildman–Crippen LogP) is 9.10. The number of unbranched alkanes of at least 4 members (excludes halogenated alkanes) is 3. The number of esters is 1. The van der Waals surface area contributed by atoms with Crippen molar-refractivity contribution in [3.63, 3.8) is 0 Å². The lowest BCUT2D eigenvalue weighted by atomic mass is 10.1. The first-order chi connectivity index (χ1) is 16.8. The first kappa shape index (κ1) is 29.5. The summed E-state index contributed by atoms with van der Waals surface area (Å²) in [6, 6.07) is 4.54. The Bertz CT molecular complexity index is 980. The molecule has 0 aliphatic heterocycles. The smallest absolute Gasteiger partial charge is 0.343 e. The summed E-state index contributed by atoms with van der Waals surface area (Å²) in [5.41, 5.74) is 0.00706. The van der Waals surface area contributed by atoms with E-state index in [9.17, 15) is 24.2 Å². The molecule has 2 aromatic carbocycles. The number of ether oxygens (including phenoxy) is 4. The number of carbonyl (C=O) groups is 1. The Morgan fingerprint density at radius 2 is 1.17 bits per heavy atom. The Hall–Kier alpha value is -2.69. The Kier molecular flexibility index (Phi) is 9.50. The standard InChI is InChI=1S/C25H33F5O5S/c1-4-7-14-32-22-17-19(18-23(33-15-8-5-2)24(22)34-16-9-6-3)25(31)35-20-10-12-21(13-11-20)36(26,27,28,29)30/h10-13,17-18H,4-9,14-16H2,1-3H3. The van der Waals surface area contributed by atoms with Crippen LogP contribution in [0.2, 0.25) is 0 Å². The molecule has 0 atom stereocenters. The summed E-state index contributed by atoms with van der Waals surface area (Å²) in [6.07, 6.45) is 4.97. The average Bonchev–Trinajstić information content (AvgIpc) is 2.79. The van der Waals surface area contributed by atoms with Crippen molar-refractivity contribution in [2.45, 2.75) is 64.2 Å². The van der Waals surface area contributed by atoms with E-state index in [0.29, 0.717) is 37.7 Å². The minimum absolute atomic E-state index is 0.00706. The van der Waals surface area contributed by atoms with Gasteiger partial charge in [0.05, 0.1) is 25.4 Å². The maximum Gasteiger partial charge on any atom is 0.343 e. The Labute approximate surface area is 208 Å². The topological polar surface area (TPSA) is 54.0 Å². The van der Waals surface area contributed by atoms with Gasteiger partial charge < -0.3 is 18.9 Å². The third-order valence-electron chi connectivity index (χ3n) is 4.99. The van der Waals surface area contributed by atoms with Crippen molar-refractivity contribution in [1.82, 2.24) is 0 Å². The first-order valence-corrected chi connectivity index (χ1v) is 13.9. The van der Waals surface area contributed by atoms with Crippen molar-refractivity contribution in [1.29, 1.82) is 0 Å².